The maximum Gasteiger partial charge on any atom is -0.0533 e. The third kappa shape index (κ3) is 26.8. The summed E-state index contributed by atoms with van der Waals surface area (Å²) in [5.74, 6) is 0. The highest BCUT2D eigenvalue weighted by Gasteiger charge is 1.83. The van der Waals surface area contributed by atoms with Crippen molar-refractivity contribution in [2.45, 2.75) is 52.4 Å². The molecular weight excluding hydrogens is 138 g/mol. The first-order valence-corrected chi connectivity index (χ1v) is 4.31. The maximum atomic E-state index is 6.75. The normalized spacial score (nSPS) is 7.82. The average Bonchev–Trinajstić information content (AvgIpc) is 2.00. The van der Waals surface area contributed by atoms with Crippen LogP contribution >= 0.6 is 0 Å². The minimum Gasteiger partial charge on any atom is -0.373 e. The van der Waals surface area contributed by atoms with Crippen LogP contribution in [0.25, 0.3) is 16.0 Å². The van der Waals surface area contributed by atoms with Gasteiger partial charge in [0.05, 0.1) is 0 Å². The van der Waals surface area contributed by atoms with E-state index in [1.807, 2.05) is 0 Å². The number of hydrogen-bond donors (Lipinski definition) is 0. The Kier molecular flexibility index (Phi) is 19.0. The molecule has 3 heteroatoms. The van der Waals surface area contributed by atoms with Crippen LogP contribution < -0.4 is 0 Å². The zero-order valence-corrected chi connectivity index (χ0v) is 7.58. The molecule has 0 saturated carbocycles. The van der Waals surface area contributed by atoms with E-state index >= 15 is 0 Å². The van der Waals surface area contributed by atoms with Gasteiger partial charge in [0.2, 0.25) is 0 Å². The summed E-state index contributed by atoms with van der Waals surface area (Å²) in [5, 5.41) is 0. The Morgan fingerprint density at radius 3 is 1.27 bits per heavy atom. The molecule has 0 radical (unpaired) electrons. The van der Waals surface area contributed by atoms with Gasteiger partial charge in [0.25, 0.3) is 0 Å². The van der Waals surface area contributed by atoms with Crippen molar-refractivity contribution in [1.29, 1.82) is 0 Å². The minimum atomic E-state index is 1.36. The lowest BCUT2D eigenvalue weighted by molar-refractivity contribution is 0.624. The molecule has 11 heavy (non-hydrogen) atoms. The van der Waals surface area contributed by atoms with Gasteiger partial charge in [0.15, 0.2) is 0 Å². The first-order valence-electron chi connectivity index (χ1n) is 4.31. The minimum absolute atomic E-state index is 1.36. The summed E-state index contributed by atoms with van der Waals surface area (Å²) in [6, 6.07) is 0. The molecule has 0 unspecified atom stereocenters. The summed E-state index contributed by atoms with van der Waals surface area (Å²) in [5.41, 5.74) is 13.5. The zero-order valence-electron chi connectivity index (χ0n) is 7.58. The van der Waals surface area contributed by atoms with E-state index in [4.69, 9.17) is 11.1 Å². The van der Waals surface area contributed by atoms with E-state index in [0.29, 0.717) is 0 Å². The van der Waals surface area contributed by atoms with Crippen LogP contribution in [-0.2, 0) is 0 Å². The molecule has 66 valence electrons. The van der Waals surface area contributed by atoms with E-state index in [2.05, 4.69) is 13.8 Å². The van der Waals surface area contributed by atoms with E-state index < -0.39 is 0 Å². The Morgan fingerprint density at radius 1 is 0.818 bits per heavy atom. The van der Waals surface area contributed by atoms with Gasteiger partial charge in [-0.05, 0) is 0 Å². The first-order chi connectivity index (χ1) is 5.33. The van der Waals surface area contributed by atoms with Gasteiger partial charge in [0, 0.05) is 0 Å². The molecule has 0 aliphatic rings. The summed E-state index contributed by atoms with van der Waals surface area (Å²) in [6.45, 7) is 4.51. The fraction of sp³-hybridized carbons (Fsp3) is 1.00. The molecule has 0 aromatic carbocycles. The van der Waals surface area contributed by atoms with Gasteiger partial charge in [0.1, 0.15) is 0 Å². The Balaban J connectivity index is 0. The van der Waals surface area contributed by atoms with Crippen LogP contribution in [0, 0.1) is 0 Å². The standard InChI is InChI=1S/C8H18.N3/c1-3-5-7-8-6-4-2;1-3-2/h3-8H2,1-2H3;/q;-1. The van der Waals surface area contributed by atoms with Crippen molar-refractivity contribution in [2.75, 3.05) is 0 Å². The molecule has 3 nitrogen and oxygen atoms in total. The molecule has 0 saturated heterocycles. The summed E-state index contributed by atoms with van der Waals surface area (Å²) in [4.78, 5) is 1.50. The van der Waals surface area contributed by atoms with Crippen LogP contribution in [0.4, 0.5) is 0 Å². The summed E-state index contributed by atoms with van der Waals surface area (Å²) < 4.78 is 0. The van der Waals surface area contributed by atoms with Gasteiger partial charge in [-0.25, -0.2) is 0 Å². The number of unbranched alkanes of at least 4 members (excludes halogenated alkanes) is 5. The highest BCUT2D eigenvalue weighted by Crippen LogP contribution is 2.03. The van der Waals surface area contributed by atoms with Crippen LogP contribution in [0.5, 0.6) is 0 Å². The lowest BCUT2D eigenvalue weighted by Gasteiger charge is -1.93. The van der Waals surface area contributed by atoms with Crippen LogP contribution in [-0.4, -0.2) is 0 Å². The molecule has 0 aromatic heterocycles. The molecule has 0 aromatic rings. The summed E-state index contributed by atoms with van der Waals surface area (Å²) in [6.07, 6.45) is 8.49. The lowest BCUT2D eigenvalue weighted by atomic mass is 10.1. The predicted molar refractivity (Wildman–Crippen MR) is 49.1 cm³/mol. The van der Waals surface area contributed by atoms with Gasteiger partial charge in [-0.1, -0.05) is 52.4 Å². The maximum absolute atomic E-state index is 6.75. The fourth-order valence-corrected chi connectivity index (χ4v) is 0.854. The summed E-state index contributed by atoms with van der Waals surface area (Å²) in [7, 11) is 0. The van der Waals surface area contributed by atoms with Crippen LogP contribution in [0.1, 0.15) is 52.4 Å². The Labute approximate surface area is 69.2 Å². The second kappa shape index (κ2) is 16.1. The Bertz CT molecular complexity index is 79.3. The van der Waals surface area contributed by atoms with E-state index in [1.165, 1.54) is 43.4 Å². The number of nitrogens with zero attached hydrogens (tertiary/aromatic N) is 3. The van der Waals surface area contributed by atoms with Crippen LogP contribution in [0.3, 0.4) is 0 Å². The molecule has 0 atom stereocenters. The smallest absolute Gasteiger partial charge is 0.0533 e. The van der Waals surface area contributed by atoms with E-state index in [9.17, 15) is 0 Å². The fourth-order valence-electron chi connectivity index (χ4n) is 0.854. The van der Waals surface area contributed by atoms with Crippen molar-refractivity contribution < 1.29 is 0 Å². The van der Waals surface area contributed by atoms with Gasteiger partial charge >= 0.3 is 0 Å². The molecule has 0 rings (SSSR count). The molecule has 0 amide bonds. The molecular formula is C8H18N3-. The largest absolute Gasteiger partial charge is 0.373 e. The van der Waals surface area contributed by atoms with Gasteiger partial charge in [-0.3, -0.25) is 4.91 Å². The Morgan fingerprint density at radius 2 is 1.09 bits per heavy atom. The van der Waals surface area contributed by atoms with Gasteiger partial charge in [-0.15, -0.1) is 0 Å². The number of hydrogen-bond acceptors (Lipinski definition) is 0. The molecule has 0 N–H and O–H groups in total. The molecule has 0 aliphatic carbocycles. The monoisotopic (exact) mass is 156 g/mol. The third-order valence-electron chi connectivity index (χ3n) is 1.46. The topological polar surface area (TPSA) is 58.7 Å². The average molecular weight is 156 g/mol. The highest BCUT2D eigenvalue weighted by molar-refractivity contribution is 4.39. The molecule has 0 aliphatic heterocycles. The van der Waals surface area contributed by atoms with Crippen molar-refractivity contribution in [2.24, 2.45) is 0 Å². The Hall–Kier alpha value is -0.690. The second-order valence-corrected chi connectivity index (χ2v) is 2.50. The zero-order chi connectivity index (χ0) is 8.95. The quantitative estimate of drug-likeness (QED) is 0.247. The van der Waals surface area contributed by atoms with Crippen molar-refractivity contribution in [1.82, 2.24) is 0 Å². The lowest BCUT2D eigenvalue weighted by Crippen LogP contribution is -1.73. The van der Waals surface area contributed by atoms with Crippen LogP contribution in [0.2, 0.25) is 0 Å². The highest BCUT2D eigenvalue weighted by atomic mass is 15.0. The van der Waals surface area contributed by atoms with Gasteiger partial charge in [-0.2, -0.15) is 0 Å². The summed E-state index contributed by atoms with van der Waals surface area (Å²) >= 11 is 0. The molecule has 0 bridgehead atoms. The third-order valence-corrected chi connectivity index (χ3v) is 1.46. The molecule has 0 spiro atoms. The van der Waals surface area contributed by atoms with Crippen molar-refractivity contribution in [3.05, 3.63) is 16.0 Å². The first kappa shape index (κ1) is 12.9. The SMILES string of the molecule is CCCCCCCC.[N-]=[N+]=[N-]. The molecule has 0 heterocycles. The van der Waals surface area contributed by atoms with Crippen molar-refractivity contribution in [3.63, 3.8) is 0 Å². The van der Waals surface area contributed by atoms with E-state index in [0.717, 1.165) is 0 Å². The predicted octanol–water partition coefficient (Wildman–Crippen LogP) is 4.23. The van der Waals surface area contributed by atoms with Gasteiger partial charge < -0.3 is 11.1 Å². The van der Waals surface area contributed by atoms with E-state index in [1.54, 1.807) is 0 Å². The van der Waals surface area contributed by atoms with E-state index in [-0.39, 0.29) is 0 Å². The van der Waals surface area contributed by atoms with Crippen molar-refractivity contribution >= 4 is 0 Å². The van der Waals surface area contributed by atoms with Crippen LogP contribution in [0.15, 0.2) is 0 Å². The number of rotatable bonds is 5. The molecule has 0 fully saturated rings. The van der Waals surface area contributed by atoms with Crippen molar-refractivity contribution in [3.8, 4) is 0 Å². The second-order valence-electron chi connectivity index (χ2n) is 2.50.